The van der Waals surface area contributed by atoms with Crippen molar-refractivity contribution in [2.75, 3.05) is 0 Å². The third kappa shape index (κ3) is 7.31. The Morgan fingerprint density at radius 2 is 1.49 bits per heavy atom. The van der Waals surface area contributed by atoms with Crippen LogP contribution in [0.2, 0.25) is 5.02 Å². The third-order valence-electron chi connectivity index (χ3n) is 6.15. The number of aliphatic hydroxyl groups is 1. The molecular weight excluding hydrogens is 522 g/mol. The number of hydrogen-bond acceptors (Lipinski definition) is 5. The normalized spacial score (nSPS) is 12.5. The number of hydrogen-bond donors (Lipinski definition) is 4. The molecule has 1 amide bonds. The molecule has 0 bridgehead atoms. The van der Waals surface area contributed by atoms with Crippen molar-refractivity contribution in [3.05, 3.63) is 112 Å². The van der Waals surface area contributed by atoms with E-state index in [-0.39, 0.29) is 30.8 Å². The molecule has 0 aliphatic rings. The van der Waals surface area contributed by atoms with Crippen LogP contribution < -0.4 is 5.32 Å². The van der Waals surface area contributed by atoms with Crippen molar-refractivity contribution in [1.82, 2.24) is 15.1 Å². The van der Waals surface area contributed by atoms with Crippen LogP contribution in [-0.2, 0) is 17.8 Å². The van der Waals surface area contributed by atoms with Crippen LogP contribution in [0, 0.1) is 0 Å². The lowest BCUT2D eigenvalue weighted by Gasteiger charge is -2.20. The molecule has 10 heteroatoms. The fraction of sp³-hybridized carbons (Fsp3) is 0.172. The molecule has 1 heterocycles. The number of rotatable bonds is 11. The molecule has 9 nitrogen and oxygen atoms in total. The van der Waals surface area contributed by atoms with Crippen LogP contribution in [0.1, 0.15) is 38.5 Å². The van der Waals surface area contributed by atoms with Crippen molar-refractivity contribution in [2.45, 2.75) is 31.5 Å². The quantitative estimate of drug-likeness (QED) is 0.221. The Bertz CT molecular complexity index is 1450. The van der Waals surface area contributed by atoms with Gasteiger partial charge in [-0.1, -0.05) is 78.3 Å². The van der Waals surface area contributed by atoms with Crippen molar-refractivity contribution in [1.29, 1.82) is 0 Å². The van der Waals surface area contributed by atoms with Crippen LogP contribution in [0.3, 0.4) is 0 Å². The van der Waals surface area contributed by atoms with Gasteiger partial charge < -0.3 is 20.6 Å². The van der Waals surface area contributed by atoms with Gasteiger partial charge in [-0.3, -0.25) is 9.48 Å². The zero-order valence-corrected chi connectivity index (χ0v) is 21.5. The number of nitrogens with zero attached hydrogens (tertiary/aromatic N) is 2. The molecule has 3 aromatic carbocycles. The first-order valence-electron chi connectivity index (χ1n) is 12.1. The van der Waals surface area contributed by atoms with Gasteiger partial charge in [0, 0.05) is 23.6 Å². The molecule has 0 aliphatic carbocycles. The van der Waals surface area contributed by atoms with E-state index in [1.807, 2.05) is 54.6 Å². The molecule has 2 atom stereocenters. The molecule has 0 saturated carbocycles. The zero-order chi connectivity index (χ0) is 27.9. The Hall–Kier alpha value is -4.47. The van der Waals surface area contributed by atoms with E-state index in [1.165, 1.54) is 4.68 Å². The van der Waals surface area contributed by atoms with Crippen LogP contribution in [0.15, 0.2) is 84.9 Å². The summed E-state index contributed by atoms with van der Waals surface area (Å²) in [4.78, 5) is 36.2. The summed E-state index contributed by atoms with van der Waals surface area (Å²) in [5, 5.41) is 36.3. The number of aliphatic carboxylic acids is 1. The van der Waals surface area contributed by atoms with Gasteiger partial charge >= 0.3 is 11.9 Å². The first kappa shape index (κ1) is 27.6. The minimum atomic E-state index is -1.70. The predicted molar refractivity (Wildman–Crippen MR) is 145 cm³/mol. The number of aromatic nitrogens is 2. The second-order valence-electron chi connectivity index (χ2n) is 9.03. The van der Waals surface area contributed by atoms with Gasteiger partial charge in [-0.15, -0.1) is 0 Å². The van der Waals surface area contributed by atoms with Gasteiger partial charge in [-0.25, -0.2) is 9.59 Å². The van der Waals surface area contributed by atoms with Gasteiger partial charge in [-0.05, 0) is 40.8 Å². The van der Waals surface area contributed by atoms with E-state index in [1.54, 1.807) is 24.3 Å². The highest BCUT2D eigenvalue weighted by molar-refractivity contribution is 6.30. The largest absolute Gasteiger partial charge is 0.479 e. The summed E-state index contributed by atoms with van der Waals surface area (Å²) >= 11 is 5.92. The number of aromatic carboxylic acids is 1. The molecule has 200 valence electrons. The molecular formula is C29H26ClN3O6. The third-order valence-corrected chi connectivity index (χ3v) is 6.40. The fourth-order valence-corrected chi connectivity index (χ4v) is 4.28. The van der Waals surface area contributed by atoms with Gasteiger partial charge in [0.2, 0.25) is 0 Å². The Labute approximate surface area is 229 Å². The average molecular weight is 548 g/mol. The smallest absolute Gasteiger partial charge is 0.354 e. The lowest BCUT2D eigenvalue weighted by atomic mass is 9.97. The molecule has 0 aliphatic heterocycles. The maximum Gasteiger partial charge on any atom is 0.354 e. The summed E-state index contributed by atoms with van der Waals surface area (Å²) in [5.41, 5.74) is 3.26. The Kier molecular flexibility index (Phi) is 8.75. The number of carboxylic acid groups (broad SMARTS) is 2. The van der Waals surface area contributed by atoms with Crippen LogP contribution in [0.4, 0.5) is 0 Å². The fourth-order valence-electron chi connectivity index (χ4n) is 4.15. The summed E-state index contributed by atoms with van der Waals surface area (Å²) in [6, 6.07) is 24.6. The molecule has 4 N–H and O–H groups in total. The number of benzene rings is 3. The van der Waals surface area contributed by atoms with Crippen LogP contribution in [0.25, 0.3) is 11.1 Å². The van der Waals surface area contributed by atoms with Gasteiger partial charge in [0.25, 0.3) is 5.91 Å². The Balaban J connectivity index is 1.52. The minimum Gasteiger partial charge on any atom is -0.479 e. The second kappa shape index (κ2) is 12.4. The summed E-state index contributed by atoms with van der Waals surface area (Å²) < 4.78 is 1.20. The molecule has 4 rings (SSSR count). The highest BCUT2D eigenvalue weighted by Gasteiger charge is 2.25. The molecule has 1 unspecified atom stereocenters. The lowest BCUT2D eigenvalue weighted by molar-refractivity contribution is -0.147. The van der Waals surface area contributed by atoms with Crippen molar-refractivity contribution in [3.63, 3.8) is 0 Å². The Morgan fingerprint density at radius 1 is 0.872 bits per heavy atom. The van der Waals surface area contributed by atoms with Crippen molar-refractivity contribution >= 4 is 29.4 Å². The first-order chi connectivity index (χ1) is 18.7. The predicted octanol–water partition coefficient (Wildman–Crippen LogP) is 4.13. The van der Waals surface area contributed by atoms with Gasteiger partial charge in [-0.2, -0.15) is 5.10 Å². The number of halogens is 1. The molecule has 4 aromatic rings. The molecule has 0 fully saturated rings. The highest BCUT2D eigenvalue weighted by Crippen LogP contribution is 2.20. The van der Waals surface area contributed by atoms with E-state index in [0.717, 1.165) is 28.3 Å². The topological polar surface area (TPSA) is 142 Å². The van der Waals surface area contributed by atoms with Crippen LogP contribution in [-0.4, -0.2) is 55.1 Å². The first-order valence-corrected chi connectivity index (χ1v) is 12.5. The zero-order valence-electron chi connectivity index (χ0n) is 20.7. The van der Waals surface area contributed by atoms with Crippen LogP contribution in [0.5, 0.6) is 0 Å². The summed E-state index contributed by atoms with van der Waals surface area (Å²) in [5.74, 6) is -3.35. The number of amides is 1. The molecule has 1 aromatic heterocycles. The maximum absolute atomic E-state index is 13.1. The minimum absolute atomic E-state index is 0.0982. The number of carbonyl (C=O) groups excluding carboxylic acids is 1. The van der Waals surface area contributed by atoms with Gasteiger partial charge in [0.05, 0.1) is 6.54 Å². The Morgan fingerprint density at radius 3 is 2.10 bits per heavy atom. The lowest BCUT2D eigenvalue weighted by Crippen LogP contribution is -2.40. The molecule has 0 spiro atoms. The highest BCUT2D eigenvalue weighted by atomic mass is 35.5. The summed E-state index contributed by atoms with van der Waals surface area (Å²) in [6.07, 6.45) is -1.71. The van der Waals surface area contributed by atoms with E-state index in [4.69, 9.17) is 11.6 Å². The number of carbonyl (C=O) groups is 3. The van der Waals surface area contributed by atoms with Crippen molar-refractivity contribution in [3.8, 4) is 11.1 Å². The van der Waals surface area contributed by atoms with Gasteiger partial charge in [0.1, 0.15) is 5.69 Å². The van der Waals surface area contributed by atoms with E-state index < -0.39 is 30.0 Å². The molecule has 0 saturated heterocycles. The average Bonchev–Trinajstić information content (AvgIpc) is 3.35. The van der Waals surface area contributed by atoms with E-state index in [0.29, 0.717) is 5.02 Å². The van der Waals surface area contributed by atoms with E-state index in [2.05, 4.69) is 10.4 Å². The van der Waals surface area contributed by atoms with Crippen LogP contribution >= 0.6 is 11.6 Å². The number of carboxylic acids is 2. The number of nitrogens with one attached hydrogen (secondary N) is 1. The summed E-state index contributed by atoms with van der Waals surface area (Å²) in [6.45, 7) is 0.0982. The maximum atomic E-state index is 13.1. The number of aliphatic hydroxyl groups excluding tert-OH is 1. The molecule has 39 heavy (non-hydrogen) atoms. The summed E-state index contributed by atoms with van der Waals surface area (Å²) in [7, 11) is 0. The standard InChI is InChI=1S/C29H26ClN3O6/c30-22-12-8-19(9-13-22)17-33-25(28(36)37)16-24(32-33)27(35)31-23(15-26(34)29(38)39)14-18-6-10-21(11-7-18)20-4-2-1-3-5-20/h1-13,16,23,26,34H,14-15,17H2,(H,31,35)(H,36,37)(H,38,39)/t23-,26?/m1/s1. The molecule has 0 radical (unpaired) electrons. The monoisotopic (exact) mass is 547 g/mol. The van der Waals surface area contributed by atoms with E-state index >= 15 is 0 Å². The van der Waals surface area contributed by atoms with Gasteiger partial charge in [0.15, 0.2) is 11.8 Å². The SMILES string of the molecule is O=C(N[C@H](Cc1ccc(-c2ccccc2)cc1)CC(O)C(=O)O)c1cc(C(=O)O)n(Cc2ccc(Cl)cc2)n1. The second-order valence-corrected chi connectivity index (χ2v) is 9.47. The van der Waals surface area contributed by atoms with Crippen molar-refractivity contribution < 1.29 is 29.7 Å². The van der Waals surface area contributed by atoms with Crippen molar-refractivity contribution in [2.24, 2.45) is 0 Å². The van der Waals surface area contributed by atoms with E-state index in [9.17, 15) is 29.7 Å².